The van der Waals surface area contributed by atoms with Crippen molar-refractivity contribution in [2.45, 2.75) is 57.2 Å². The number of carbonyl (C=O) groups excluding carboxylic acids is 3. The van der Waals surface area contributed by atoms with Crippen LogP contribution in [0, 0.1) is 17.7 Å². The molecule has 1 aromatic rings. The number of ketones is 3. The number of hydrogen-bond acceptors (Lipinski definition) is 9. The lowest BCUT2D eigenvalue weighted by molar-refractivity contribution is -0.150. The number of aliphatic hydroxyl groups is 3. The van der Waals surface area contributed by atoms with Crippen LogP contribution in [0.1, 0.15) is 55.8 Å². The van der Waals surface area contributed by atoms with E-state index in [0.717, 1.165) is 19.9 Å². The monoisotopic (exact) mass is 514 g/mol. The molecule has 198 valence electrons. The van der Waals surface area contributed by atoms with Crippen molar-refractivity contribution in [2.24, 2.45) is 11.8 Å². The molecule has 9 nitrogen and oxygen atoms in total. The normalized spacial score (nSPS) is 31.9. The lowest BCUT2D eigenvalue weighted by atomic mass is 9.57. The summed E-state index contributed by atoms with van der Waals surface area (Å²) in [5, 5.41) is 47.5. The molecule has 4 aliphatic rings. The standard InChI is InChI=1S/C27H31FN2O7/c1-4-29-22-15-9-12-8-14-20(17(32)10-13(21(14)28)16-6-5-7-30(16)3)23(33)19(12)26(36)27(15,37)25(35)18(11(2)31)24(22)34/h10,12,15-16,22,29,32-33,35,37H,4-9H2,1-3H3/t12-,15-,16?,22-,27+/m0/s1. The van der Waals surface area contributed by atoms with Gasteiger partial charge in [0.05, 0.1) is 11.6 Å². The summed E-state index contributed by atoms with van der Waals surface area (Å²) in [5.74, 6) is -7.17. The number of likely N-dealkylation sites (tertiary alicyclic amines) is 1. The quantitative estimate of drug-likeness (QED) is 0.381. The van der Waals surface area contributed by atoms with Gasteiger partial charge in [-0.25, -0.2) is 4.39 Å². The fraction of sp³-hybridized carbons (Fsp3) is 0.519. The van der Waals surface area contributed by atoms with Crippen molar-refractivity contribution >= 4 is 23.1 Å². The SMILES string of the molecule is CCN[C@@H]1C(=O)C(C(C)=O)=C(O)[C@@]2(O)C(=O)C3=C(O)c4c(O)cc(C5CCCN5C)c(F)c4C[C@H]3C[C@@H]12. The fourth-order valence-electron chi connectivity index (χ4n) is 6.85. The average Bonchev–Trinajstić information content (AvgIpc) is 3.26. The highest BCUT2D eigenvalue weighted by molar-refractivity contribution is 6.25. The first kappa shape index (κ1) is 25.6. The Hall–Kier alpha value is -3.08. The maximum atomic E-state index is 15.9. The van der Waals surface area contributed by atoms with E-state index in [9.17, 15) is 34.8 Å². The van der Waals surface area contributed by atoms with E-state index in [4.69, 9.17) is 0 Å². The van der Waals surface area contributed by atoms with Gasteiger partial charge in [-0.15, -0.1) is 0 Å². The summed E-state index contributed by atoms with van der Waals surface area (Å²) in [5.41, 5.74) is -3.38. The molecule has 1 saturated heterocycles. The molecule has 1 saturated carbocycles. The maximum Gasteiger partial charge on any atom is 0.202 e. The second-order valence-corrected chi connectivity index (χ2v) is 10.6. The van der Waals surface area contributed by atoms with Gasteiger partial charge < -0.3 is 25.7 Å². The molecular weight excluding hydrogens is 483 g/mol. The molecule has 3 aliphatic carbocycles. The Bertz CT molecular complexity index is 1300. The number of rotatable bonds is 4. The van der Waals surface area contributed by atoms with Crippen LogP contribution in [-0.2, 0) is 20.8 Å². The molecule has 2 fully saturated rings. The first-order valence-corrected chi connectivity index (χ1v) is 12.6. The van der Waals surface area contributed by atoms with Gasteiger partial charge in [0.1, 0.15) is 28.7 Å². The van der Waals surface area contributed by atoms with Gasteiger partial charge in [0.2, 0.25) is 5.78 Å². The Morgan fingerprint density at radius 3 is 2.57 bits per heavy atom. The van der Waals surface area contributed by atoms with Crippen LogP contribution < -0.4 is 5.32 Å². The number of phenols is 1. The highest BCUT2D eigenvalue weighted by atomic mass is 19.1. The number of benzene rings is 1. The lowest BCUT2D eigenvalue weighted by Crippen LogP contribution is -2.65. The highest BCUT2D eigenvalue weighted by Crippen LogP contribution is 2.53. The Kier molecular flexibility index (Phi) is 6.04. The van der Waals surface area contributed by atoms with Crippen LogP contribution in [0.3, 0.4) is 0 Å². The molecule has 10 heteroatoms. The van der Waals surface area contributed by atoms with Gasteiger partial charge >= 0.3 is 0 Å². The van der Waals surface area contributed by atoms with Gasteiger partial charge in [0.15, 0.2) is 17.2 Å². The van der Waals surface area contributed by atoms with Gasteiger partial charge in [-0.3, -0.25) is 19.3 Å². The van der Waals surface area contributed by atoms with Crippen molar-refractivity contribution in [1.29, 1.82) is 0 Å². The number of hydrogen-bond donors (Lipinski definition) is 5. The molecule has 1 aliphatic heterocycles. The van der Waals surface area contributed by atoms with Crippen molar-refractivity contribution in [1.82, 2.24) is 10.2 Å². The summed E-state index contributed by atoms with van der Waals surface area (Å²) < 4.78 is 15.9. The highest BCUT2D eigenvalue weighted by Gasteiger charge is 2.63. The minimum Gasteiger partial charge on any atom is -0.508 e. The first-order chi connectivity index (χ1) is 17.4. The number of carbonyl (C=O) groups is 3. The van der Waals surface area contributed by atoms with E-state index in [2.05, 4.69) is 5.32 Å². The summed E-state index contributed by atoms with van der Waals surface area (Å²) in [4.78, 5) is 41.1. The number of aliphatic hydroxyl groups excluding tert-OH is 2. The number of aromatic hydroxyl groups is 1. The van der Waals surface area contributed by atoms with Crippen molar-refractivity contribution in [3.05, 3.63) is 45.5 Å². The second kappa shape index (κ2) is 8.75. The predicted molar refractivity (Wildman–Crippen MR) is 130 cm³/mol. The lowest BCUT2D eigenvalue weighted by Gasteiger charge is -2.49. The summed E-state index contributed by atoms with van der Waals surface area (Å²) in [6.45, 7) is 3.84. The van der Waals surface area contributed by atoms with Gasteiger partial charge in [-0.1, -0.05) is 6.92 Å². The average molecular weight is 515 g/mol. The van der Waals surface area contributed by atoms with Crippen molar-refractivity contribution in [2.75, 3.05) is 20.1 Å². The van der Waals surface area contributed by atoms with Crippen LogP contribution in [0.25, 0.3) is 5.76 Å². The fourth-order valence-corrected chi connectivity index (χ4v) is 6.85. The predicted octanol–water partition coefficient (Wildman–Crippen LogP) is 2.02. The topological polar surface area (TPSA) is 147 Å². The van der Waals surface area contributed by atoms with Crippen LogP contribution in [0.15, 0.2) is 23.0 Å². The minimum atomic E-state index is -2.64. The Balaban J connectivity index is 1.69. The van der Waals surface area contributed by atoms with Crippen molar-refractivity contribution in [3.63, 3.8) is 0 Å². The molecule has 0 aromatic heterocycles. The largest absolute Gasteiger partial charge is 0.508 e. The molecule has 1 unspecified atom stereocenters. The zero-order chi connectivity index (χ0) is 27.0. The second-order valence-electron chi connectivity index (χ2n) is 10.6. The number of nitrogens with one attached hydrogen (secondary N) is 1. The van der Waals surface area contributed by atoms with Crippen molar-refractivity contribution < 1.29 is 39.2 Å². The third-order valence-corrected chi connectivity index (χ3v) is 8.57. The summed E-state index contributed by atoms with van der Waals surface area (Å²) >= 11 is 0. The Morgan fingerprint density at radius 1 is 1.27 bits per heavy atom. The molecule has 0 amide bonds. The summed E-state index contributed by atoms with van der Waals surface area (Å²) in [7, 11) is 1.87. The van der Waals surface area contributed by atoms with Gasteiger partial charge in [0, 0.05) is 28.7 Å². The number of phenolic OH excluding ortho intramolecular Hbond substituents is 1. The summed E-state index contributed by atoms with van der Waals surface area (Å²) in [6, 6.07) is -0.104. The van der Waals surface area contributed by atoms with E-state index in [1.165, 1.54) is 6.07 Å². The Morgan fingerprint density at radius 2 is 1.97 bits per heavy atom. The maximum absolute atomic E-state index is 15.9. The molecule has 0 spiro atoms. The van der Waals surface area contributed by atoms with E-state index in [-0.39, 0.29) is 47.9 Å². The first-order valence-electron chi connectivity index (χ1n) is 12.6. The molecule has 5 atom stereocenters. The van der Waals surface area contributed by atoms with Crippen molar-refractivity contribution in [3.8, 4) is 5.75 Å². The molecule has 37 heavy (non-hydrogen) atoms. The molecule has 0 bridgehead atoms. The van der Waals surface area contributed by atoms with E-state index >= 15 is 4.39 Å². The van der Waals surface area contributed by atoms with E-state index in [0.29, 0.717) is 12.0 Å². The molecule has 5 rings (SSSR count). The van der Waals surface area contributed by atoms with Crippen LogP contribution in [0.2, 0.25) is 0 Å². The number of halogens is 1. The smallest absolute Gasteiger partial charge is 0.202 e. The van der Waals surface area contributed by atoms with Crippen LogP contribution in [0.5, 0.6) is 5.75 Å². The number of nitrogens with zero attached hydrogens (tertiary/aromatic N) is 1. The number of Topliss-reactive ketones (excluding diaryl/α,β-unsaturated/α-hetero) is 3. The van der Waals surface area contributed by atoms with E-state index in [1.807, 2.05) is 11.9 Å². The van der Waals surface area contributed by atoms with E-state index in [1.54, 1.807) is 6.92 Å². The number of fused-ring (bicyclic) bond motifs is 3. The molecular formula is C27H31FN2O7. The minimum absolute atomic E-state index is 0.0478. The van der Waals surface area contributed by atoms with Gasteiger partial charge in [-0.2, -0.15) is 0 Å². The number of likely N-dealkylation sites (N-methyl/N-ethyl adjacent to an activating group) is 1. The zero-order valence-electron chi connectivity index (χ0n) is 21.0. The molecule has 0 radical (unpaired) electrons. The third kappa shape index (κ3) is 3.42. The Labute approximate surface area is 213 Å². The van der Waals surface area contributed by atoms with Crippen LogP contribution >= 0.6 is 0 Å². The third-order valence-electron chi connectivity index (χ3n) is 8.57. The molecule has 1 heterocycles. The molecule has 5 N–H and O–H groups in total. The van der Waals surface area contributed by atoms with E-state index < -0.39 is 63.7 Å². The zero-order valence-corrected chi connectivity index (χ0v) is 21.0. The van der Waals surface area contributed by atoms with Gasteiger partial charge in [0.25, 0.3) is 0 Å². The molecule has 1 aromatic carbocycles. The van der Waals surface area contributed by atoms with Crippen LogP contribution in [0.4, 0.5) is 4.39 Å². The van der Waals surface area contributed by atoms with Crippen LogP contribution in [-0.4, -0.2) is 74.5 Å². The summed E-state index contributed by atoms with van der Waals surface area (Å²) in [6.07, 6.45) is 1.50. The van der Waals surface area contributed by atoms with Gasteiger partial charge in [-0.05, 0) is 64.7 Å².